The second-order valence-electron chi connectivity index (χ2n) is 7.23. The van der Waals surface area contributed by atoms with Gasteiger partial charge in [-0.3, -0.25) is 0 Å². The van der Waals surface area contributed by atoms with Crippen LogP contribution in [-0.4, -0.2) is 33.5 Å². The lowest BCUT2D eigenvalue weighted by atomic mass is 10.2. The van der Waals surface area contributed by atoms with Gasteiger partial charge in [-0.15, -0.1) is 0 Å². The van der Waals surface area contributed by atoms with Crippen LogP contribution in [0, 0.1) is 0 Å². The van der Waals surface area contributed by atoms with E-state index in [1.807, 2.05) is 59.5 Å². The molecule has 4 rings (SSSR count). The van der Waals surface area contributed by atoms with E-state index in [4.69, 9.17) is 0 Å². The Kier molecular flexibility index (Phi) is 5.37. The van der Waals surface area contributed by atoms with Gasteiger partial charge in [0.25, 0.3) is 0 Å². The van der Waals surface area contributed by atoms with E-state index in [1.165, 1.54) is 12.8 Å². The Labute approximate surface area is 159 Å². The van der Waals surface area contributed by atoms with Gasteiger partial charge < -0.3 is 15.2 Å². The van der Waals surface area contributed by atoms with Crippen molar-refractivity contribution < 1.29 is 4.79 Å². The second-order valence-corrected chi connectivity index (χ2v) is 7.23. The third-order valence-corrected chi connectivity index (χ3v) is 5.34. The van der Waals surface area contributed by atoms with Gasteiger partial charge in [0, 0.05) is 25.6 Å². The molecule has 27 heavy (non-hydrogen) atoms. The molecule has 0 spiro atoms. The van der Waals surface area contributed by atoms with Crippen molar-refractivity contribution in [2.24, 2.45) is 0 Å². The Hall–Kier alpha value is -2.82. The van der Waals surface area contributed by atoms with Crippen LogP contribution < -0.4 is 5.32 Å². The molecule has 1 aliphatic carbocycles. The average Bonchev–Trinajstić information content (AvgIpc) is 3.37. The van der Waals surface area contributed by atoms with Crippen molar-refractivity contribution in [2.75, 3.05) is 6.54 Å². The van der Waals surface area contributed by atoms with Gasteiger partial charge in [0.05, 0.1) is 11.0 Å². The van der Waals surface area contributed by atoms with Gasteiger partial charge in [-0.05, 0) is 30.5 Å². The lowest BCUT2D eigenvalue weighted by molar-refractivity contribution is 0.175. The fourth-order valence-corrected chi connectivity index (χ4v) is 3.89. The maximum Gasteiger partial charge on any atom is 0.317 e. The fraction of sp³-hybridized carbons (Fsp3) is 0.364. The summed E-state index contributed by atoms with van der Waals surface area (Å²) in [6, 6.07) is 18.5. The number of nitrogens with zero attached hydrogens (tertiary/aromatic N) is 2. The Morgan fingerprint density at radius 3 is 2.59 bits per heavy atom. The zero-order chi connectivity index (χ0) is 18.5. The van der Waals surface area contributed by atoms with Gasteiger partial charge in [0.1, 0.15) is 5.82 Å². The van der Waals surface area contributed by atoms with Crippen molar-refractivity contribution >= 4 is 17.1 Å². The molecule has 1 saturated carbocycles. The molecule has 140 valence electrons. The predicted octanol–water partition coefficient (Wildman–Crippen LogP) is 4.26. The summed E-state index contributed by atoms with van der Waals surface area (Å²) in [4.78, 5) is 22.9. The van der Waals surface area contributed by atoms with Crippen LogP contribution in [0.1, 0.15) is 37.1 Å². The first-order valence-electron chi connectivity index (χ1n) is 9.81. The summed E-state index contributed by atoms with van der Waals surface area (Å²) in [6.45, 7) is 1.25. The molecule has 5 heteroatoms. The van der Waals surface area contributed by atoms with Crippen molar-refractivity contribution in [3.63, 3.8) is 0 Å². The van der Waals surface area contributed by atoms with Crippen LogP contribution in [0.4, 0.5) is 4.79 Å². The predicted molar refractivity (Wildman–Crippen MR) is 107 cm³/mol. The summed E-state index contributed by atoms with van der Waals surface area (Å²) in [7, 11) is 0. The monoisotopic (exact) mass is 362 g/mol. The van der Waals surface area contributed by atoms with Gasteiger partial charge in [-0.25, -0.2) is 9.78 Å². The fourth-order valence-electron chi connectivity index (χ4n) is 3.89. The number of amides is 2. The molecule has 2 N–H and O–H groups in total. The molecule has 3 aromatic rings. The number of aromatic nitrogens is 2. The van der Waals surface area contributed by atoms with Crippen LogP contribution in [0.25, 0.3) is 11.0 Å². The second kappa shape index (κ2) is 8.25. The van der Waals surface area contributed by atoms with Crippen molar-refractivity contribution in [1.82, 2.24) is 20.2 Å². The maximum absolute atomic E-state index is 12.9. The normalized spacial score (nSPS) is 14.5. The molecule has 1 heterocycles. The van der Waals surface area contributed by atoms with Crippen LogP contribution in [-0.2, 0) is 13.0 Å². The maximum atomic E-state index is 12.9. The minimum absolute atomic E-state index is 0.0295. The molecule has 1 aliphatic rings. The number of nitrogens with one attached hydrogen (secondary N) is 2. The van der Waals surface area contributed by atoms with Gasteiger partial charge in [0.2, 0.25) is 0 Å². The van der Waals surface area contributed by atoms with E-state index < -0.39 is 0 Å². The molecule has 5 nitrogen and oxygen atoms in total. The number of fused-ring (bicyclic) bond motifs is 1. The standard InChI is InChI=1S/C22H26N4O/c27-22(23-16-17-8-2-1-3-9-17)26(18-10-4-5-11-18)15-14-21-24-19-12-6-7-13-20(19)25-21/h1-3,6-9,12-13,18H,4-5,10-11,14-16H2,(H,23,27)(H,24,25). The molecule has 2 amide bonds. The molecule has 0 saturated heterocycles. The zero-order valence-electron chi connectivity index (χ0n) is 15.5. The van der Waals surface area contributed by atoms with E-state index in [0.29, 0.717) is 19.1 Å². The Balaban J connectivity index is 1.41. The third-order valence-electron chi connectivity index (χ3n) is 5.34. The third kappa shape index (κ3) is 4.30. The van der Waals surface area contributed by atoms with Crippen molar-refractivity contribution in [1.29, 1.82) is 0 Å². The molecular formula is C22H26N4O. The van der Waals surface area contributed by atoms with E-state index in [9.17, 15) is 4.79 Å². The number of para-hydroxylation sites is 2. The minimum Gasteiger partial charge on any atom is -0.342 e. The number of imidazole rings is 1. The van der Waals surface area contributed by atoms with Crippen molar-refractivity contribution in [3.05, 3.63) is 66.0 Å². The highest BCUT2D eigenvalue weighted by Gasteiger charge is 2.26. The molecule has 1 fully saturated rings. The number of aromatic amines is 1. The number of carbonyl (C=O) groups excluding carboxylic acids is 1. The molecule has 1 aromatic heterocycles. The summed E-state index contributed by atoms with van der Waals surface area (Å²) in [5.74, 6) is 0.940. The zero-order valence-corrected chi connectivity index (χ0v) is 15.5. The van der Waals surface area contributed by atoms with Crippen molar-refractivity contribution in [2.45, 2.75) is 44.7 Å². The Morgan fingerprint density at radius 2 is 1.81 bits per heavy atom. The summed E-state index contributed by atoms with van der Waals surface area (Å²) in [5, 5.41) is 3.10. The summed E-state index contributed by atoms with van der Waals surface area (Å²) in [6.07, 6.45) is 5.34. The first-order valence-corrected chi connectivity index (χ1v) is 9.81. The largest absolute Gasteiger partial charge is 0.342 e. The molecule has 0 bridgehead atoms. The van der Waals surface area contributed by atoms with Crippen LogP contribution in [0.3, 0.4) is 0 Å². The number of benzene rings is 2. The van der Waals surface area contributed by atoms with Crippen LogP contribution in [0.2, 0.25) is 0 Å². The van der Waals surface area contributed by atoms with Crippen LogP contribution in [0.5, 0.6) is 0 Å². The van der Waals surface area contributed by atoms with Crippen molar-refractivity contribution in [3.8, 4) is 0 Å². The highest BCUT2D eigenvalue weighted by Crippen LogP contribution is 2.24. The molecule has 0 atom stereocenters. The SMILES string of the molecule is O=C(NCc1ccccc1)N(CCc1nc2ccccc2[nH]1)C1CCCC1. The van der Waals surface area contributed by atoms with Gasteiger partial charge in [-0.2, -0.15) is 0 Å². The molecule has 0 unspecified atom stereocenters. The molecule has 0 radical (unpaired) electrons. The van der Waals surface area contributed by atoms with Gasteiger partial charge >= 0.3 is 6.03 Å². The highest BCUT2D eigenvalue weighted by molar-refractivity contribution is 5.75. The van der Waals surface area contributed by atoms with Crippen LogP contribution >= 0.6 is 0 Å². The topological polar surface area (TPSA) is 61.0 Å². The summed E-state index contributed by atoms with van der Waals surface area (Å²) < 4.78 is 0. The number of rotatable bonds is 6. The first kappa shape index (κ1) is 17.6. The van der Waals surface area contributed by atoms with Crippen LogP contribution in [0.15, 0.2) is 54.6 Å². The average molecular weight is 362 g/mol. The summed E-state index contributed by atoms with van der Waals surface area (Å²) in [5.41, 5.74) is 3.15. The van der Waals surface area contributed by atoms with Gasteiger partial charge in [0.15, 0.2) is 0 Å². The van der Waals surface area contributed by atoms with E-state index in [2.05, 4.69) is 15.3 Å². The number of carbonyl (C=O) groups is 1. The molecular weight excluding hydrogens is 336 g/mol. The van der Waals surface area contributed by atoms with E-state index in [1.54, 1.807) is 0 Å². The smallest absolute Gasteiger partial charge is 0.317 e. The van der Waals surface area contributed by atoms with E-state index >= 15 is 0 Å². The van der Waals surface area contributed by atoms with Gasteiger partial charge in [-0.1, -0.05) is 55.3 Å². The lowest BCUT2D eigenvalue weighted by Gasteiger charge is -2.29. The summed E-state index contributed by atoms with van der Waals surface area (Å²) >= 11 is 0. The Bertz CT molecular complexity index is 850. The number of hydrogen-bond acceptors (Lipinski definition) is 2. The van der Waals surface area contributed by atoms with E-state index in [0.717, 1.165) is 41.7 Å². The number of hydrogen-bond donors (Lipinski definition) is 2. The molecule has 2 aromatic carbocycles. The number of H-pyrrole nitrogens is 1. The van der Waals surface area contributed by atoms with E-state index in [-0.39, 0.29) is 6.03 Å². The highest BCUT2D eigenvalue weighted by atomic mass is 16.2. The Morgan fingerprint density at radius 1 is 1.07 bits per heavy atom. The quantitative estimate of drug-likeness (QED) is 0.688. The lowest BCUT2D eigenvalue weighted by Crippen LogP contribution is -2.46. The minimum atomic E-state index is 0.0295. The number of urea groups is 1. The molecule has 0 aliphatic heterocycles. The first-order chi connectivity index (χ1) is 13.3.